The lowest BCUT2D eigenvalue weighted by Gasteiger charge is -2.15. The molecule has 0 heterocycles. The zero-order valence-electron chi connectivity index (χ0n) is 7.92. The summed E-state index contributed by atoms with van der Waals surface area (Å²) in [5, 5.41) is 14.6. The highest BCUT2D eigenvalue weighted by atomic mass is 16.3. The van der Waals surface area contributed by atoms with Crippen LogP contribution in [-0.4, -0.2) is 36.2 Å². The molecule has 0 aliphatic rings. The Hall–Kier alpha value is -0.610. The predicted octanol–water partition coefficient (Wildman–Crippen LogP) is -0.519. The molecular weight excluding hydrogens is 156 g/mol. The van der Waals surface area contributed by atoms with Gasteiger partial charge < -0.3 is 15.7 Å². The Morgan fingerprint density at radius 2 is 2.08 bits per heavy atom. The van der Waals surface area contributed by atoms with E-state index < -0.39 is 6.10 Å². The van der Waals surface area contributed by atoms with Crippen LogP contribution in [0.25, 0.3) is 0 Å². The van der Waals surface area contributed by atoms with Crippen molar-refractivity contribution in [1.82, 2.24) is 10.6 Å². The fourth-order valence-electron chi connectivity index (χ4n) is 0.684. The van der Waals surface area contributed by atoms with E-state index >= 15 is 0 Å². The lowest BCUT2D eigenvalue weighted by Crippen LogP contribution is -2.42. The molecule has 1 amide bonds. The van der Waals surface area contributed by atoms with Crippen molar-refractivity contribution >= 4 is 5.91 Å². The molecule has 2 unspecified atom stereocenters. The zero-order chi connectivity index (χ0) is 9.56. The van der Waals surface area contributed by atoms with Crippen LogP contribution < -0.4 is 10.6 Å². The molecule has 3 N–H and O–H groups in total. The molecule has 4 heteroatoms. The van der Waals surface area contributed by atoms with Crippen LogP contribution in [0.5, 0.6) is 0 Å². The molecule has 0 bridgehead atoms. The van der Waals surface area contributed by atoms with E-state index in [4.69, 9.17) is 5.11 Å². The van der Waals surface area contributed by atoms with Gasteiger partial charge in [-0.25, -0.2) is 0 Å². The maximum atomic E-state index is 10.9. The summed E-state index contributed by atoms with van der Waals surface area (Å²) in [5.74, 6) is -0.0370. The summed E-state index contributed by atoms with van der Waals surface area (Å²) in [6, 6.07) is -0.0485. The molecule has 0 spiro atoms. The van der Waals surface area contributed by atoms with Gasteiger partial charge in [-0.05, 0) is 20.8 Å². The van der Waals surface area contributed by atoms with Gasteiger partial charge in [0.2, 0.25) is 5.91 Å². The number of likely N-dealkylation sites (N-methyl/N-ethyl adjacent to an activating group) is 1. The smallest absolute Gasteiger partial charge is 0.233 e. The second-order valence-electron chi connectivity index (χ2n) is 2.86. The monoisotopic (exact) mass is 174 g/mol. The Balaban J connectivity index is 3.47. The van der Waals surface area contributed by atoms with Crippen LogP contribution in [0, 0.1) is 0 Å². The van der Waals surface area contributed by atoms with Gasteiger partial charge in [0.05, 0.1) is 12.6 Å². The molecule has 0 aromatic carbocycles. The molecule has 0 aliphatic heterocycles. The summed E-state index contributed by atoms with van der Waals surface area (Å²) < 4.78 is 0. The Labute approximate surface area is 73.3 Å². The summed E-state index contributed by atoms with van der Waals surface area (Å²) in [6.07, 6.45) is -0.431. The van der Waals surface area contributed by atoms with E-state index in [2.05, 4.69) is 10.6 Å². The maximum absolute atomic E-state index is 10.9. The third-order valence-electron chi connectivity index (χ3n) is 1.68. The van der Waals surface area contributed by atoms with Crippen LogP contribution in [0.3, 0.4) is 0 Å². The van der Waals surface area contributed by atoms with E-state index in [1.807, 2.05) is 13.8 Å². The number of hydrogen-bond acceptors (Lipinski definition) is 3. The third kappa shape index (κ3) is 5.09. The number of aliphatic hydroxyl groups excluding tert-OH is 1. The van der Waals surface area contributed by atoms with Crippen LogP contribution >= 0.6 is 0 Å². The second-order valence-corrected chi connectivity index (χ2v) is 2.86. The zero-order valence-corrected chi connectivity index (χ0v) is 7.92. The van der Waals surface area contributed by atoms with Crippen molar-refractivity contribution in [3.05, 3.63) is 0 Å². The van der Waals surface area contributed by atoms with Crippen molar-refractivity contribution in [2.75, 3.05) is 13.1 Å². The number of amides is 1. The van der Waals surface area contributed by atoms with Gasteiger partial charge in [0.15, 0.2) is 0 Å². The molecular formula is C8H18N2O2. The number of hydrogen-bond donors (Lipinski definition) is 3. The van der Waals surface area contributed by atoms with Crippen molar-refractivity contribution in [2.45, 2.75) is 32.9 Å². The molecule has 0 aromatic heterocycles. The second kappa shape index (κ2) is 5.97. The minimum Gasteiger partial charge on any atom is -0.392 e. The highest BCUT2D eigenvalue weighted by Gasteiger charge is 2.08. The highest BCUT2D eigenvalue weighted by Crippen LogP contribution is 1.88. The first-order valence-electron chi connectivity index (χ1n) is 4.26. The van der Waals surface area contributed by atoms with Gasteiger partial charge in [-0.15, -0.1) is 0 Å². The summed E-state index contributed by atoms with van der Waals surface area (Å²) in [5.41, 5.74) is 0. The molecule has 0 aromatic rings. The molecule has 0 radical (unpaired) electrons. The van der Waals surface area contributed by atoms with Crippen LogP contribution in [0.4, 0.5) is 0 Å². The van der Waals surface area contributed by atoms with Crippen molar-refractivity contribution in [3.8, 4) is 0 Å². The number of aliphatic hydroxyl groups is 1. The largest absolute Gasteiger partial charge is 0.392 e. The molecule has 0 saturated heterocycles. The first-order valence-corrected chi connectivity index (χ1v) is 4.26. The van der Waals surface area contributed by atoms with E-state index in [1.165, 1.54) is 0 Å². The van der Waals surface area contributed by atoms with Gasteiger partial charge in [-0.3, -0.25) is 4.79 Å². The minimum absolute atomic E-state index is 0.0370. The summed E-state index contributed by atoms with van der Waals surface area (Å²) >= 11 is 0. The van der Waals surface area contributed by atoms with Gasteiger partial charge >= 0.3 is 0 Å². The van der Waals surface area contributed by atoms with Crippen molar-refractivity contribution in [3.63, 3.8) is 0 Å². The van der Waals surface area contributed by atoms with Gasteiger partial charge in [0, 0.05) is 12.6 Å². The Bertz CT molecular complexity index is 137. The summed E-state index contributed by atoms with van der Waals surface area (Å²) in [6.45, 7) is 6.30. The predicted molar refractivity (Wildman–Crippen MR) is 47.8 cm³/mol. The average molecular weight is 174 g/mol. The van der Waals surface area contributed by atoms with Crippen LogP contribution in [-0.2, 0) is 4.79 Å². The molecule has 0 fully saturated rings. The first-order chi connectivity index (χ1) is 5.57. The number of rotatable bonds is 5. The van der Waals surface area contributed by atoms with Crippen LogP contribution in [0.15, 0.2) is 0 Å². The highest BCUT2D eigenvalue weighted by molar-refractivity contribution is 5.77. The van der Waals surface area contributed by atoms with Crippen LogP contribution in [0.2, 0.25) is 0 Å². The van der Waals surface area contributed by atoms with Crippen LogP contribution in [0.1, 0.15) is 20.8 Å². The normalized spacial score (nSPS) is 15.3. The van der Waals surface area contributed by atoms with Gasteiger partial charge in [-0.2, -0.15) is 0 Å². The van der Waals surface area contributed by atoms with Crippen molar-refractivity contribution in [2.24, 2.45) is 0 Å². The SMILES string of the molecule is CCNC(=O)CNC(C)C(C)O. The fraction of sp³-hybridized carbons (Fsp3) is 0.875. The van der Waals surface area contributed by atoms with E-state index in [0.29, 0.717) is 6.54 Å². The van der Waals surface area contributed by atoms with Crippen molar-refractivity contribution in [1.29, 1.82) is 0 Å². The first kappa shape index (κ1) is 11.4. The molecule has 0 aliphatic carbocycles. The lowest BCUT2D eigenvalue weighted by atomic mass is 10.2. The fourth-order valence-corrected chi connectivity index (χ4v) is 0.684. The number of carbonyl (C=O) groups excluding carboxylic acids is 1. The maximum Gasteiger partial charge on any atom is 0.233 e. The van der Waals surface area contributed by atoms with Gasteiger partial charge in [-0.1, -0.05) is 0 Å². The van der Waals surface area contributed by atoms with E-state index in [-0.39, 0.29) is 18.5 Å². The molecule has 12 heavy (non-hydrogen) atoms. The quantitative estimate of drug-likeness (QED) is 0.525. The number of carbonyl (C=O) groups is 1. The topological polar surface area (TPSA) is 61.4 Å². The Morgan fingerprint density at radius 1 is 1.50 bits per heavy atom. The minimum atomic E-state index is -0.431. The summed E-state index contributed by atoms with van der Waals surface area (Å²) in [7, 11) is 0. The van der Waals surface area contributed by atoms with Gasteiger partial charge in [0.25, 0.3) is 0 Å². The Morgan fingerprint density at radius 3 is 2.50 bits per heavy atom. The summed E-state index contributed by atoms with van der Waals surface area (Å²) in [4.78, 5) is 10.9. The average Bonchev–Trinajstić information content (AvgIpc) is 2.00. The third-order valence-corrected chi connectivity index (χ3v) is 1.68. The standard InChI is InChI=1S/C8H18N2O2/c1-4-9-8(12)5-10-6(2)7(3)11/h6-7,10-11H,4-5H2,1-3H3,(H,9,12). The lowest BCUT2D eigenvalue weighted by molar-refractivity contribution is -0.120. The van der Waals surface area contributed by atoms with E-state index in [1.54, 1.807) is 6.92 Å². The molecule has 72 valence electrons. The van der Waals surface area contributed by atoms with E-state index in [0.717, 1.165) is 0 Å². The Kier molecular flexibility index (Phi) is 5.66. The molecule has 4 nitrogen and oxygen atoms in total. The van der Waals surface area contributed by atoms with E-state index in [9.17, 15) is 4.79 Å². The van der Waals surface area contributed by atoms with Crippen molar-refractivity contribution < 1.29 is 9.90 Å². The number of nitrogens with one attached hydrogen (secondary N) is 2. The molecule has 2 atom stereocenters. The molecule has 0 rings (SSSR count). The van der Waals surface area contributed by atoms with Gasteiger partial charge in [0.1, 0.15) is 0 Å². The molecule has 0 saturated carbocycles.